The Bertz CT molecular complexity index is 932. The molecule has 0 saturated heterocycles. The maximum atomic E-state index is 13.0. The quantitative estimate of drug-likeness (QED) is 0.688. The fourth-order valence-electron chi connectivity index (χ4n) is 2.29. The second kappa shape index (κ2) is 7.96. The van der Waals surface area contributed by atoms with Gasteiger partial charge < -0.3 is 4.74 Å². The predicted octanol–water partition coefficient (Wildman–Crippen LogP) is 4.80. The molecular formula is C18H14ClN3O2S2. The zero-order valence-electron chi connectivity index (χ0n) is 14.0. The summed E-state index contributed by atoms with van der Waals surface area (Å²) in [5.74, 6) is 0.264. The van der Waals surface area contributed by atoms with Crippen molar-refractivity contribution in [3.8, 4) is 11.8 Å². The third kappa shape index (κ3) is 3.78. The Morgan fingerprint density at radius 3 is 2.88 bits per heavy atom. The van der Waals surface area contributed by atoms with E-state index in [1.165, 1.54) is 35.1 Å². The van der Waals surface area contributed by atoms with Crippen LogP contribution in [0.5, 0.6) is 5.75 Å². The van der Waals surface area contributed by atoms with Crippen LogP contribution in [0.3, 0.4) is 0 Å². The summed E-state index contributed by atoms with van der Waals surface area (Å²) >= 11 is 8.96. The summed E-state index contributed by atoms with van der Waals surface area (Å²) in [6.07, 6.45) is 1.75. The Kier molecular flexibility index (Phi) is 5.67. The number of anilines is 1. The number of hydrogen-bond donors (Lipinski definition) is 0. The largest absolute Gasteiger partial charge is 0.495 e. The van der Waals surface area contributed by atoms with Crippen LogP contribution < -0.4 is 9.64 Å². The number of amidine groups is 1. The fraction of sp³-hybridized carbons (Fsp3) is 0.167. The van der Waals surface area contributed by atoms with Crippen LogP contribution in [0.15, 0.2) is 46.4 Å². The van der Waals surface area contributed by atoms with Crippen molar-refractivity contribution in [1.82, 2.24) is 0 Å². The van der Waals surface area contributed by atoms with Crippen molar-refractivity contribution in [3.05, 3.63) is 51.3 Å². The van der Waals surface area contributed by atoms with Gasteiger partial charge in [0.15, 0.2) is 5.17 Å². The van der Waals surface area contributed by atoms with Gasteiger partial charge in [0.25, 0.3) is 5.91 Å². The number of benzene rings is 1. The number of carbonyl (C=O) groups excluding carboxylic acids is 1. The van der Waals surface area contributed by atoms with Crippen molar-refractivity contribution in [1.29, 1.82) is 5.26 Å². The van der Waals surface area contributed by atoms with E-state index in [0.717, 1.165) is 4.88 Å². The number of aliphatic imine (C=N–C) groups is 1. The van der Waals surface area contributed by atoms with Crippen LogP contribution in [-0.4, -0.2) is 23.4 Å². The van der Waals surface area contributed by atoms with E-state index >= 15 is 0 Å². The number of hydrogen-bond acceptors (Lipinski definition) is 6. The number of thioether (sulfide) groups is 1. The molecule has 5 nitrogen and oxygen atoms in total. The second-order valence-corrected chi connectivity index (χ2v) is 7.98. The van der Waals surface area contributed by atoms with E-state index in [-0.39, 0.29) is 11.2 Å². The lowest BCUT2D eigenvalue weighted by Crippen LogP contribution is -2.31. The van der Waals surface area contributed by atoms with Gasteiger partial charge in [0.2, 0.25) is 0 Å². The molecule has 1 aliphatic heterocycles. The monoisotopic (exact) mass is 403 g/mol. The topological polar surface area (TPSA) is 65.7 Å². The molecule has 0 unspecified atom stereocenters. The first-order valence-corrected chi connectivity index (χ1v) is 9.75. The summed E-state index contributed by atoms with van der Waals surface area (Å²) in [7, 11) is 1.53. The lowest BCUT2D eigenvalue weighted by Gasteiger charge is -2.19. The van der Waals surface area contributed by atoms with Crippen LogP contribution in [0.1, 0.15) is 11.8 Å². The van der Waals surface area contributed by atoms with Crippen LogP contribution in [-0.2, 0) is 4.79 Å². The summed E-state index contributed by atoms with van der Waals surface area (Å²) in [5.41, 5.74) is 0.902. The summed E-state index contributed by atoms with van der Waals surface area (Å²) in [4.78, 5) is 19.8. The van der Waals surface area contributed by atoms with Crippen molar-refractivity contribution >= 4 is 57.5 Å². The van der Waals surface area contributed by atoms with Crippen LogP contribution in [0.2, 0.25) is 5.02 Å². The molecule has 1 aromatic carbocycles. The normalized spacial score (nSPS) is 16.5. The van der Waals surface area contributed by atoms with Crippen molar-refractivity contribution in [2.45, 2.75) is 12.2 Å². The molecule has 0 N–H and O–H groups in total. The van der Waals surface area contributed by atoms with Crippen LogP contribution in [0.4, 0.5) is 5.69 Å². The molecule has 1 aliphatic rings. The molecule has 132 valence electrons. The van der Waals surface area contributed by atoms with E-state index in [9.17, 15) is 4.79 Å². The Hall–Kier alpha value is -2.27. The molecule has 2 heterocycles. The van der Waals surface area contributed by atoms with Crippen LogP contribution in [0, 0.1) is 11.3 Å². The summed E-state index contributed by atoms with van der Waals surface area (Å²) < 4.78 is 5.17. The number of nitriles is 1. The Morgan fingerprint density at radius 1 is 1.46 bits per heavy atom. The highest BCUT2D eigenvalue weighted by Gasteiger charge is 2.33. The molecule has 2 aromatic rings. The molecule has 1 aromatic heterocycles. The number of methoxy groups -OCH3 is 1. The highest BCUT2D eigenvalue weighted by atomic mass is 35.5. The third-order valence-corrected chi connectivity index (χ3v) is 5.57. The van der Waals surface area contributed by atoms with Gasteiger partial charge in [-0.25, -0.2) is 4.99 Å². The summed E-state index contributed by atoms with van der Waals surface area (Å²) in [6, 6.07) is 11.1. The van der Waals surface area contributed by atoms with Gasteiger partial charge in [-0.05, 0) is 42.6 Å². The molecule has 8 heteroatoms. The summed E-state index contributed by atoms with van der Waals surface area (Å²) in [6.45, 7) is 1.76. The van der Waals surface area contributed by atoms with Gasteiger partial charge in [-0.1, -0.05) is 29.4 Å². The molecule has 3 rings (SSSR count). The minimum absolute atomic E-state index is 0.257. The van der Waals surface area contributed by atoms with E-state index in [1.807, 2.05) is 17.5 Å². The second-order valence-electron chi connectivity index (χ2n) is 5.29. The number of halogens is 1. The Morgan fingerprint density at radius 2 is 2.27 bits per heavy atom. The van der Waals surface area contributed by atoms with Gasteiger partial charge in [-0.15, -0.1) is 11.3 Å². The minimum atomic E-state index is -0.348. The number of nitrogens with zero attached hydrogens (tertiary/aromatic N) is 3. The summed E-state index contributed by atoms with van der Waals surface area (Å²) in [5, 5.41) is 11.6. The number of rotatable bonds is 4. The molecule has 26 heavy (non-hydrogen) atoms. The molecule has 0 aliphatic carbocycles. The van der Waals surface area contributed by atoms with Gasteiger partial charge in [0, 0.05) is 4.88 Å². The van der Waals surface area contributed by atoms with E-state index < -0.39 is 0 Å². The SMILES string of the molecule is COc1ccc(N2C(=O)/C(=C\c3cccs3)N=C2S[C@@H](C)C#N)cc1Cl. The fourth-order valence-corrected chi connectivity index (χ4v) is 4.01. The number of thiophene rings is 1. The maximum absolute atomic E-state index is 13.0. The molecule has 0 bridgehead atoms. The first-order valence-electron chi connectivity index (χ1n) is 7.61. The first kappa shape index (κ1) is 18.5. The van der Waals surface area contributed by atoms with Crippen molar-refractivity contribution in [3.63, 3.8) is 0 Å². The number of carbonyl (C=O) groups is 1. The first-order chi connectivity index (χ1) is 12.5. The smallest absolute Gasteiger partial charge is 0.283 e. The van der Waals surface area contributed by atoms with Gasteiger partial charge >= 0.3 is 0 Å². The minimum Gasteiger partial charge on any atom is -0.495 e. The number of ether oxygens (including phenoxy) is 1. The average molecular weight is 404 g/mol. The van der Waals surface area contributed by atoms with Gasteiger partial charge in [0.05, 0.1) is 29.1 Å². The third-order valence-electron chi connectivity index (χ3n) is 3.51. The molecule has 0 saturated carbocycles. The standard InChI is InChI=1S/C18H14ClN3O2S2/c1-11(10-20)26-18-21-15(9-13-4-3-7-25-13)17(23)22(18)12-5-6-16(24-2)14(19)8-12/h3-9,11H,1-2H3/b15-9+/t11-/m0/s1. The lowest BCUT2D eigenvalue weighted by molar-refractivity contribution is -0.113. The van der Waals surface area contributed by atoms with Gasteiger partial charge in [-0.2, -0.15) is 5.26 Å². The average Bonchev–Trinajstić information content (AvgIpc) is 3.24. The highest BCUT2D eigenvalue weighted by molar-refractivity contribution is 8.15. The van der Waals surface area contributed by atoms with Crippen molar-refractivity contribution in [2.75, 3.05) is 12.0 Å². The Balaban J connectivity index is 2.01. The van der Waals surface area contributed by atoms with Gasteiger partial charge in [-0.3, -0.25) is 9.69 Å². The number of amides is 1. The van der Waals surface area contributed by atoms with Crippen LogP contribution >= 0.6 is 34.7 Å². The lowest BCUT2D eigenvalue weighted by atomic mass is 10.2. The van der Waals surface area contributed by atoms with E-state index in [4.69, 9.17) is 21.6 Å². The predicted molar refractivity (Wildman–Crippen MR) is 108 cm³/mol. The van der Waals surface area contributed by atoms with E-state index in [2.05, 4.69) is 11.1 Å². The van der Waals surface area contributed by atoms with Gasteiger partial charge in [0.1, 0.15) is 11.4 Å². The van der Waals surface area contributed by atoms with E-state index in [0.29, 0.717) is 27.3 Å². The van der Waals surface area contributed by atoms with Crippen molar-refractivity contribution < 1.29 is 9.53 Å². The molecule has 1 amide bonds. The molecule has 0 spiro atoms. The Labute approximate surface area is 164 Å². The van der Waals surface area contributed by atoms with Crippen LogP contribution in [0.25, 0.3) is 6.08 Å². The highest BCUT2D eigenvalue weighted by Crippen LogP contribution is 2.35. The van der Waals surface area contributed by atoms with Crippen molar-refractivity contribution in [2.24, 2.45) is 4.99 Å². The molecule has 1 atom stereocenters. The van der Waals surface area contributed by atoms with E-state index in [1.54, 1.807) is 31.2 Å². The maximum Gasteiger partial charge on any atom is 0.283 e. The molecule has 0 fully saturated rings. The zero-order chi connectivity index (χ0) is 18.7. The zero-order valence-corrected chi connectivity index (χ0v) is 16.4. The molecule has 0 radical (unpaired) electrons. The molecular weight excluding hydrogens is 390 g/mol.